The van der Waals surface area contributed by atoms with E-state index in [2.05, 4.69) is 45.0 Å². The second-order valence-corrected chi connectivity index (χ2v) is 6.29. The van der Waals surface area contributed by atoms with Crippen molar-refractivity contribution in [3.8, 4) is 0 Å². The van der Waals surface area contributed by atoms with Crippen LogP contribution in [0.15, 0.2) is 0 Å². The fraction of sp³-hybridized carbons (Fsp3) is 1.00. The lowest BCUT2D eigenvalue weighted by Crippen LogP contribution is -2.43. The third kappa shape index (κ3) is 4.97. The van der Waals surface area contributed by atoms with Gasteiger partial charge < -0.3 is 10.2 Å². The van der Waals surface area contributed by atoms with E-state index < -0.39 is 0 Å². The molecule has 1 fully saturated rings. The van der Waals surface area contributed by atoms with Gasteiger partial charge >= 0.3 is 0 Å². The Labute approximate surface area is 108 Å². The molecular weight excluding hydrogens is 208 g/mol. The highest BCUT2D eigenvalue weighted by Crippen LogP contribution is 2.28. The number of nitrogens with zero attached hydrogens (tertiary/aromatic N) is 1. The standard InChI is InChI=1S/C15H32N2/c1-12(2)17(5)11-7-10-16-15-13(3)8-6-9-14(15)4/h12-16H,6-11H2,1-5H3. The first kappa shape index (κ1) is 15.0. The number of hydrogen-bond acceptors (Lipinski definition) is 2. The predicted octanol–water partition coefficient (Wildman–Crippen LogP) is 3.13. The molecule has 0 aromatic heterocycles. The van der Waals surface area contributed by atoms with E-state index in [1.54, 1.807) is 0 Å². The van der Waals surface area contributed by atoms with Gasteiger partial charge in [-0.05, 0) is 65.1 Å². The van der Waals surface area contributed by atoms with E-state index in [9.17, 15) is 0 Å². The molecule has 1 aliphatic carbocycles. The Morgan fingerprint density at radius 1 is 1.18 bits per heavy atom. The van der Waals surface area contributed by atoms with Gasteiger partial charge in [-0.1, -0.05) is 20.3 Å². The lowest BCUT2D eigenvalue weighted by atomic mass is 9.79. The fourth-order valence-corrected chi connectivity index (χ4v) is 2.94. The van der Waals surface area contributed by atoms with Gasteiger partial charge in [0.15, 0.2) is 0 Å². The van der Waals surface area contributed by atoms with Crippen LogP contribution in [0.1, 0.15) is 53.4 Å². The molecule has 2 heteroatoms. The molecule has 1 aliphatic rings. The van der Waals surface area contributed by atoms with Crippen LogP contribution in [0.25, 0.3) is 0 Å². The fourth-order valence-electron chi connectivity index (χ4n) is 2.94. The first-order valence-corrected chi connectivity index (χ1v) is 7.46. The van der Waals surface area contributed by atoms with Gasteiger partial charge in [0.1, 0.15) is 0 Å². The summed E-state index contributed by atoms with van der Waals surface area (Å²) >= 11 is 0. The first-order valence-electron chi connectivity index (χ1n) is 7.46. The Bertz CT molecular complexity index is 193. The molecule has 0 amide bonds. The third-order valence-corrected chi connectivity index (χ3v) is 4.49. The first-order chi connectivity index (χ1) is 8.02. The maximum absolute atomic E-state index is 3.79. The van der Waals surface area contributed by atoms with Gasteiger partial charge in [-0.25, -0.2) is 0 Å². The Balaban J connectivity index is 2.16. The van der Waals surface area contributed by atoms with Gasteiger partial charge in [0, 0.05) is 12.1 Å². The van der Waals surface area contributed by atoms with Crippen LogP contribution in [-0.4, -0.2) is 37.1 Å². The minimum Gasteiger partial charge on any atom is -0.313 e. The molecule has 0 radical (unpaired) electrons. The summed E-state index contributed by atoms with van der Waals surface area (Å²) in [6, 6.07) is 1.43. The topological polar surface area (TPSA) is 15.3 Å². The molecule has 0 heterocycles. The molecule has 1 N–H and O–H groups in total. The van der Waals surface area contributed by atoms with Crippen LogP contribution in [0.3, 0.4) is 0 Å². The van der Waals surface area contributed by atoms with Crippen LogP contribution in [0.4, 0.5) is 0 Å². The molecule has 0 bridgehead atoms. The van der Waals surface area contributed by atoms with E-state index in [4.69, 9.17) is 0 Å². The normalized spacial score (nSPS) is 30.2. The highest BCUT2D eigenvalue weighted by atomic mass is 15.1. The van der Waals surface area contributed by atoms with Crippen molar-refractivity contribution in [3.05, 3.63) is 0 Å². The van der Waals surface area contributed by atoms with E-state index in [-0.39, 0.29) is 0 Å². The van der Waals surface area contributed by atoms with Crippen molar-refractivity contribution >= 4 is 0 Å². The lowest BCUT2D eigenvalue weighted by molar-refractivity contribution is 0.203. The molecule has 102 valence electrons. The highest BCUT2D eigenvalue weighted by molar-refractivity contribution is 4.83. The van der Waals surface area contributed by atoms with E-state index in [1.807, 2.05) is 0 Å². The van der Waals surface area contributed by atoms with Crippen molar-refractivity contribution in [3.63, 3.8) is 0 Å². The molecule has 17 heavy (non-hydrogen) atoms. The maximum Gasteiger partial charge on any atom is 0.0118 e. The SMILES string of the molecule is CC1CCCC(C)C1NCCCN(C)C(C)C. The van der Waals surface area contributed by atoms with Crippen LogP contribution in [0.2, 0.25) is 0 Å². The molecule has 2 atom stereocenters. The molecule has 2 nitrogen and oxygen atoms in total. The molecule has 0 aliphatic heterocycles. The monoisotopic (exact) mass is 240 g/mol. The van der Waals surface area contributed by atoms with Crippen LogP contribution in [0.5, 0.6) is 0 Å². The van der Waals surface area contributed by atoms with Crippen LogP contribution in [0, 0.1) is 11.8 Å². The van der Waals surface area contributed by atoms with Crippen molar-refractivity contribution in [2.24, 2.45) is 11.8 Å². The molecule has 0 aromatic carbocycles. The molecular formula is C15H32N2. The molecule has 2 unspecified atom stereocenters. The third-order valence-electron chi connectivity index (χ3n) is 4.49. The van der Waals surface area contributed by atoms with E-state index in [1.165, 1.54) is 38.8 Å². The second kappa shape index (κ2) is 7.38. The van der Waals surface area contributed by atoms with Gasteiger partial charge in [0.05, 0.1) is 0 Å². The quantitative estimate of drug-likeness (QED) is 0.718. The Morgan fingerprint density at radius 2 is 1.76 bits per heavy atom. The summed E-state index contributed by atoms with van der Waals surface area (Å²) in [4.78, 5) is 2.43. The summed E-state index contributed by atoms with van der Waals surface area (Å²) < 4.78 is 0. The maximum atomic E-state index is 3.79. The number of nitrogens with one attached hydrogen (secondary N) is 1. The van der Waals surface area contributed by atoms with Crippen molar-refractivity contribution in [2.75, 3.05) is 20.1 Å². The Hall–Kier alpha value is -0.0800. The summed E-state index contributed by atoms with van der Waals surface area (Å²) in [6.45, 7) is 11.7. The predicted molar refractivity (Wildman–Crippen MR) is 76.4 cm³/mol. The summed E-state index contributed by atoms with van der Waals surface area (Å²) in [6.07, 6.45) is 5.52. The number of hydrogen-bond donors (Lipinski definition) is 1. The summed E-state index contributed by atoms with van der Waals surface area (Å²) in [5, 5.41) is 3.79. The molecule has 0 spiro atoms. The average molecular weight is 240 g/mol. The van der Waals surface area contributed by atoms with Crippen molar-refractivity contribution in [1.82, 2.24) is 10.2 Å². The van der Waals surface area contributed by atoms with Crippen molar-refractivity contribution in [1.29, 1.82) is 0 Å². The highest BCUT2D eigenvalue weighted by Gasteiger charge is 2.26. The number of rotatable bonds is 6. The minimum absolute atomic E-state index is 0.669. The van der Waals surface area contributed by atoms with Crippen molar-refractivity contribution < 1.29 is 0 Å². The smallest absolute Gasteiger partial charge is 0.0118 e. The van der Waals surface area contributed by atoms with E-state index >= 15 is 0 Å². The molecule has 1 rings (SSSR count). The largest absolute Gasteiger partial charge is 0.313 e. The Morgan fingerprint density at radius 3 is 2.29 bits per heavy atom. The molecule has 0 aromatic rings. The van der Waals surface area contributed by atoms with Gasteiger partial charge in [-0.2, -0.15) is 0 Å². The Kier molecular flexibility index (Phi) is 6.50. The van der Waals surface area contributed by atoms with E-state index in [0.29, 0.717) is 6.04 Å². The van der Waals surface area contributed by atoms with E-state index in [0.717, 1.165) is 17.9 Å². The van der Waals surface area contributed by atoms with Gasteiger partial charge in [-0.3, -0.25) is 0 Å². The average Bonchev–Trinajstić information content (AvgIpc) is 2.27. The second-order valence-electron chi connectivity index (χ2n) is 6.29. The zero-order chi connectivity index (χ0) is 12.8. The summed E-state index contributed by atoms with van der Waals surface area (Å²) in [7, 11) is 2.22. The van der Waals surface area contributed by atoms with Gasteiger partial charge in [0.2, 0.25) is 0 Å². The van der Waals surface area contributed by atoms with Gasteiger partial charge in [-0.15, -0.1) is 0 Å². The van der Waals surface area contributed by atoms with Crippen LogP contribution in [-0.2, 0) is 0 Å². The van der Waals surface area contributed by atoms with Crippen LogP contribution < -0.4 is 5.32 Å². The zero-order valence-electron chi connectivity index (χ0n) is 12.5. The summed E-state index contributed by atoms with van der Waals surface area (Å²) in [5.41, 5.74) is 0. The van der Waals surface area contributed by atoms with Crippen LogP contribution >= 0.6 is 0 Å². The van der Waals surface area contributed by atoms with Gasteiger partial charge in [0.25, 0.3) is 0 Å². The molecule has 0 saturated heterocycles. The zero-order valence-corrected chi connectivity index (χ0v) is 12.5. The van der Waals surface area contributed by atoms with Crippen molar-refractivity contribution in [2.45, 2.75) is 65.5 Å². The lowest BCUT2D eigenvalue weighted by Gasteiger charge is -2.35. The summed E-state index contributed by atoms with van der Waals surface area (Å²) in [5.74, 6) is 1.73. The minimum atomic E-state index is 0.669. The molecule has 1 saturated carbocycles.